The zero-order chi connectivity index (χ0) is 94.9. The van der Waals surface area contributed by atoms with E-state index in [2.05, 4.69) is 75.9 Å². The molecular formula is C87H85Cl5N26O10S5. The van der Waals surface area contributed by atoms with Gasteiger partial charge in [0.2, 0.25) is 29.5 Å². The van der Waals surface area contributed by atoms with Crippen molar-refractivity contribution in [3.63, 3.8) is 0 Å². The largest absolute Gasteiger partial charge is 0.483 e. The zero-order valence-electron chi connectivity index (χ0n) is 71.7. The lowest BCUT2D eigenvalue weighted by Crippen LogP contribution is -2.14. The third-order valence-electron chi connectivity index (χ3n) is 18.4. The molecule has 0 aliphatic carbocycles. The summed E-state index contributed by atoms with van der Waals surface area (Å²) in [6.45, 7) is 14.3. The van der Waals surface area contributed by atoms with E-state index in [9.17, 15) is 24.0 Å². The number of hydrogen-bond acceptors (Lipinski definition) is 31. The van der Waals surface area contributed by atoms with E-state index in [4.69, 9.17) is 116 Å². The van der Waals surface area contributed by atoms with E-state index in [1.165, 1.54) is 58.8 Å². The molecule has 0 bridgehead atoms. The summed E-state index contributed by atoms with van der Waals surface area (Å²) in [7, 11) is 0. The van der Waals surface area contributed by atoms with Gasteiger partial charge in [0.1, 0.15) is 89.4 Å². The number of ether oxygens (including phenoxy) is 5. The van der Waals surface area contributed by atoms with Crippen LogP contribution >= 0.6 is 117 Å². The average molecular weight is 1990 g/mol. The van der Waals surface area contributed by atoms with E-state index >= 15 is 0 Å². The van der Waals surface area contributed by atoms with Gasteiger partial charge < -0.3 is 75.2 Å². The molecule has 0 radical (unpaired) electrons. The standard InChI is InChI=1S/5C16H16ClN5O2S.C7H5N/c5*1-2-22-14(20-21-16(22)25-9-13(18)23)8-24-12-6-5-11(17)10-4-3-7-19-15(10)12;8-6-7-4-2-1-3-5-7/h5*3-7H,2,8-9H2,1H3,(H2,18,23);1-5H. The maximum Gasteiger partial charge on any atom is 0.227 e. The molecule has 10 N–H and O–H groups in total. The number of fused-ring (bicyclic) bond motifs is 5. The molecule has 10 heterocycles. The van der Waals surface area contributed by atoms with Crippen molar-refractivity contribution in [1.82, 2.24) is 98.7 Å². The van der Waals surface area contributed by atoms with Gasteiger partial charge in [-0.05, 0) is 168 Å². The zero-order valence-corrected chi connectivity index (χ0v) is 79.6. The molecule has 0 saturated carbocycles. The molecule has 0 spiro atoms. The van der Waals surface area contributed by atoms with Crippen molar-refractivity contribution in [2.45, 2.75) is 126 Å². The Morgan fingerprint density at radius 3 is 0.654 bits per heavy atom. The van der Waals surface area contributed by atoms with E-state index in [1.807, 2.05) is 142 Å². The van der Waals surface area contributed by atoms with E-state index in [1.54, 1.807) is 104 Å². The number of benzene rings is 6. The summed E-state index contributed by atoms with van der Waals surface area (Å²) in [6, 6.07) is 47.6. The fraction of sp³-hybridized carbons (Fsp3) is 0.230. The molecule has 0 fully saturated rings. The number of aromatic nitrogens is 20. The summed E-state index contributed by atoms with van der Waals surface area (Å²) in [5.74, 6) is 5.22. The maximum atomic E-state index is 10.9. The van der Waals surface area contributed by atoms with Crippen molar-refractivity contribution in [2.24, 2.45) is 28.7 Å². The van der Waals surface area contributed by atoms with Gasteiger partial charge in [0.05, 0.1) is 65.5 Å². The minimum Gasteiger partial charge on any atom is -0.483 e. The molecule has 0 aliphatic heterocycles. The van der Waals surface area contributed by atoms with Gasteiger partial charge >= 0.3 is 0 Å². The van der Waals surface area contributed by atoms with Gasteiger partial charge in [-0.15, -0.1) is 51.0 Å². The lowest BCUT2D eigenvalue weighted by molar-refractivity contribution is -0.116. The summed E-state index contributed by atoms with van der Waals surface area (Å²) in [4.78, 5) is 76.4. The van der Waals surface area contributed by atoms with Gasteiger partial charge in [0.15, 0.2) is 54.9 Å². The van der Waals surface area contributed by atoms with Crippen LogP contribution in [-0.4, -0.2) is 157 Å². The Labute approximate surface area is 807 Å². The Morgan fingerprint density at radius 1 is 0.293 bits per heavy atom. The molecule has 10 aromatic heterocycles. The van der Waals surface area contributed by atoms with Gasteiger partial charge in [-0.25, -0.2) is 0 Å². The number of nitrogens with zero attached hydrogens (tertiary/aromatic N) is 21. The third-order valence-corrected chi connectivity index (χ3v) is 24.9. The number of pyridine rings is 5. The highest BCUT2D eigenvalue weighted by molar-refractivity contribution is 8.00. The van der Waals surface area contributed by atoms with Crippen LogP contribution in [0, 0.1) is 11.3 Å². The SMILES string of the molecule is CCn1c(COc2ccc(Cl)c3cccnc23)nnc1SCC(N)=O.CCn1c(COc2ccc(Cl)c3cccnc23)nnc1SCC(N)=O.CCn1c(COc2ccc(Cl)c3cccnc23)nnc1SCC(N)=O.CCn1c(COc2ccc(Cl)c3cccnc23)nnc1SCC(N)=O.CCn1c(COc2ccc(Cl)c3cccnc23)nnc1SCC(N)=O.N#Cc1ccccc1. The Kier molecular flexibility index (Phi) is 38.3. The number of primary amides is 5. The summed E-state index contributed by atoms with van der Waals surface area (Å²) < 4.78 is 38.9. The Bertz CT molecular complexity index is 5910. The first-order chi connectivity index (χ1) is 64.4. The van der Waals surface area contributed by atoms with Crippen molar-refractivity contribution < 1.29 is 47.7 Å². The van der Waals surface area contributed by atoms with Gasteiger partial charge in [-0.1, -0.05) is 135 Å². The predicted molar refractivity (Wildman–Crippen MR) is 515 cm³/mol. The van der Waals surface area contributed by atoms with E-state index in [0.717, 1.165) is 26.9 Å². The van der Waals surface area contributed by atoms with E-state index in [0.29, 0.717) is 175 Å². The Balaban J connectivity index is 0.000000157. The number of nitriles is 1. The second kappa shape index (κ2) is 50.7. The molecule has 5 amide bonds. The second-order valence-corrected chi connectivity index (χ2v) is 33.9. The average Bonchev–Trinajstić information content (AvgIpc) is 1.48. The summed E-state index contributed by atoms with van der Waals surface area (Å²) in [5.41, 5.74) is 30.1. The van der Waals surface area contributed by atoms with Crippen LogP contribution in [0.25, 0.3) is 54.5 Å². The first kappa shape index (κ1) is 101. The number of thioether (sulfide) groups is 5. The molecule has 0 saturated heterocycles. The highest BCUT2D eigenvalue weighted by atomic mass is 35.5. The van der Waals surface area contributed by atoms with Gasteiger partial charge in [0, 0.05) is 90.6 Å². The van der Waals surface area contributed by atoms with Crippen molar-refractivity contribution in [2.75, 3.05) is 28.8 Å². The van der Waals surface area contributed by atoms with Crippen molar-refractivity contribution in [3.05, 3.63) is 242 Å². The fourth-order valence-corrected chi connectivity index (χ4v) is 17.2. The van der Waals surface area contributed by atoms with Gasteiger partial charge in [-0.3, -0.25) is 48.9 Å². The summed E-state index contributed by atoms with van der Waals surface area (Å²) in [5, 5.41) is 60.0. The number of halogens is 5. The van der Waals surface area contributed by atoms with Crippen molar-refractivity contribution >= 4 is 201 Å². The van der Waals surface area contributed by atoms with Crippen LogP contribution in [0.4, 0.5) is 0 Å². The van der Waals surface area contributed by atoms with Crippen LogP contribution in [0.2, 0.25) is 25.1 Å². The van der Waals surface area contributed by atoms with Crippen LogP contribution in [0.5, 0.6) is 28.7 Å². The molecular weight excluding hydrogens is 1910 g/mol. The fourth-order valence-electron chi connectivity index (χ4n) is 12.3. The summed E-state index contributed by atoms with van der Waals surface area (Å²) >= 11 is 37.3. The highest BCUT2D eigenvalue weighted by Gasteiger charge is 2.22. The molecule has 46 heteroatoms. The molecule has 688 valence electrons. The number of amides is 5. The Morgan fingerprint density at radius 2 is 0.489 bits per heavy atom. The van der Waals surface area contributed by atoms with Crippen LogP contribution in [0.3, 0.4) is 0 Å². The lowest BCUT2D eigenvalue weighted by Gasteiger charge is -2.10. The van der Waals surface area contributed by atoms with Gasteiger partial charge in [-0.2, -0.15) is 5.26 Å². The number of rotatable bonds is 35. The van der Waals surface area contributed by atoms with Crippen LogP contribution in [-0.2, 0) is 89.7 Å². The number of nitrogens with two attached hydrogens (primary N) is 5. The minimum absolute atomic E-state index is 0.157. The monoisotopic (exact) mass is 1990 g/mol. The highest BCUT2D eigenvalue weighted by Crippen LogP contribution is 2.37. The molecule has 133 heavy (non-hydrogen) atoms. The van der Waals surface area contributed by atoms with Crippen LogP contribution in [0.15, 0.2) is 208 Å². The van der Waals surface area contributed by atoms with Crippen molar-refractivity contribution in [3.8, 4) is 34.8 Å². The van der Waals surface area contributed by atoms with E-state index in [-0.39, 0.29) is 61.8 Å². The molecule has 0 unspecified atom stereocenters. The third kappa shape index (κ3) is 27.9. The molecule has 0 aliphatic rings. The number of carbonyl (C=O) groups is 5. The number of hydrogen-bond donors (Lipinski definition) is 5. The normalized spacial score (nSPS) is 10.8. The first-order valence-corrected chi connectivity index (χ1v) is 47.2. The smallest absolute Gasteiger partial charge is 0.227 e. The predicted octanol–water partition coefficient (Wildman–Crippen LogP) is 14.8. The molecule has 16 aromatic rings. The second-order valence-electron chi connectivity index (χ2n) is 27.1. The van der Waals surface area contributed by atoms with Gasteiger partial charge in [0.25, 0.3) is 0 Å². The molecule has 36 nitrogen and oxygen atoms in total. The lowest BCUT2D eigenvalue weighted by atomic mass is 10.2. The molecule has 6 aromatic carbocycles. The molecule has 0 atom stereocenters. The molecule has 16 rings (SSSR count). The van der Waals surface area contributed by atoms with Crippen LogP contribution < -0.4 is 52.4 Å². The topological polar surface area (TPSA) is 503 Å². The van der Waals surface area contributed by atoms with Crippen LogP contribution in [0.1, 0.15) is 69.3 Å². The van der Waals surface area contributed by atoms with Crippen molar-refractivity contribution in [1.29, 1.82) is 5.26 Å². The quantitative estimate of drug-likeness (QED) is 0.0230. The summed E-state index contributed by atoms with van der Waals surface area (Å²) in [6.07, 6.45) is 8.47. The van der Waals surface area contributed by atoms with E-state index < -0.39 is 29.5 Å². The Hall–Kier alpha value is -12.9. The minimum atomic E-state index is -0.396. The maximum absolute atomic E-state index is 10.9. The first-order valence-electron chi connectivity index (χ1n) is 40.3. The number of carbonyl (C=O) groups excluding carboxylic acids is 5.